The first-order valence-electron chi connectivity index (χ1n) is 11.1. The first-order chi connectivity index (χ1) is 16.1. The molecule has 1 atom stereocenters. The molecule has 2 heterocycles. The summed E-state index contributed by atoms with van der Waals surface area (Å²) in [4.78, 5) is 40.2. The van der Waals surface area contributed by atoms with Crippen molar-refractivity contribution < 1.29 is 19.1 Å². The van der Waals surface area contributed by atoms with E-state index < -0.39 is 17.5 Å². The average Bonchev–Trinajstić information content (AvgIpc) is 3.23. The van der Waals surface area contributed by atoms with E-state index >= 15 is 0 Å². The fourth-order valence-corrected chi connectivity index (χ4v) is 4.50. The number of methoxy groups -OCH3 is 1. The Labute approximate surface area is 199 Å². The molecular weight excluding hydrogens is 430 g/mol. The van der Waals surface area contributed by atoms with Crippen molar-refractivity contribution in [3.63, 3.8) is 0 Å². The molecule has 0 radical (unpaired) electrons. The molecule has 0 aliphatic carbocycles. The number of ketones is 1. The van der Waals surface area contributed by atoms with Crippen LogP contribution in [0.4, 0.5) is 4.79 Å². The fourth-order valence-electron chi connectivity index (χ4n) is 4.50. The third-order valence-electron chi connectivity index (χ3n) is 6.72. The number of nitrogens with one attached hydrogen (secondary N) is 1. The number of carbonyl (C=O) groups is 3. The van der Waals surface area contributed by atoms with E-state index in [1.54, 1.807) is 38.3 Å². The number of ether oxygens (including phenoxy) is 1. The quantitative estimate of drug-likeness (QED) is 0.439. The van der Waals surface area contributed by atoms with Gasteiger partial charge in [0.25, 0.3) is 5.91 Å². The molecule has 7 nitrogen and oxygen atoms in total. The number of hydrogen-bond donors (Lipinski definition) is 1. The van der Waals surface area contributed by atoms with Crippen LogP contribution in [-0.4, -0.2) is 40.8 Å². The predicted molar refractivity (Wildman–Crippen MR) is 130 cm³/mol. The maximum Gasteiger partial charge on any atom is 0.325 e. The van der Waals surface area contributed by atoms with Gasteiger partial charge >= 0.3 is 6.03 Å². The highest BCUT2D eigenvalue weighted by Gasteiger charge is 2.49. The van der Waals surface area contributed by atoms with Crippen molar-refractivity contribution in [2.45, 2.75) is 40.2 Å². The number of urea groups is 1. The molecule has 34 heavy (non-hydrogen) atoms. The Morgan fingerprint density at radius 2 is 1.65 bits per heavy atom. The molecule has 1 unspecified atom stereocenters. The Bertz CT molecular complexity index is 1310. The normalized spacial score (nSPS) is 17.8. The van der Waals surface area contributed by atoms with Gasteiger partial charge in [0.15, 0.2) is 5.78 Å². The van der Waals surface area contributed by atoms with Crippen molar-refractivity contribution in [1.82, 2.24) is 14.8 Å². The molecule has 1 fully saturated rings. The van der Waals surface area contributed by atoms with Gasteiger partial charge in [-0.1, -0.05) is 18.2 Å². The summed E-state index contributed by atoms with van der Waals surface area (Å²) in [7, 11) is 1.56. The summed E-state index contributed by atoms with van der Waals surface area (Å²) in [5.41, 5.74) is 4.87. The standard InChI is InChI=1S/C27H29N3O4/c1-16-7-10-21(13-17(16)2)30-18(3)14-23(19(30)4)24(31)15-29-25(32)27(5,28-26(29)33)20-8-11-22(34-6)12-9-20/h7-14H,15H2,1-6H3,(H,28,33). The maximum atomic E-state index is 13.3. The highest BCUT2D eigenvalue weighted by molar-refractivity contribution is 6.11. The minimum atomic E-state index is -1.25. The summed E-state index contributed by atoms with van der Waals surface area (Å²) in [5.74, 6) is -0.0973. The van der Waals surface area contributed by atoms with Gasteiger partial charge in [0, 0.05) is 22.6 Å². The van der Waals surface area contributed by atoms with E-state index in [2.05, 4.69) is 31.3 Å². The number of imide groups is 1. The monoisotopic (exact) mass is 459 g/mol. The number of benzene rings is 2. The fraction of sp³-hybridized carbons (Fsp3) is 0.296. The Morgan fingerprint density at radius 1 is 0.971 bits per heavy atom. The van der Waals surface area contributed by atoms with Crippen LogP contribution < -0.4 is 10.1 Å². The van der Waals surface area contributed by atoms with Crippen LogP contribution in [0.5, 0.6) is 5.75 Å². The zero-order valence-electron chi connectivity index (χ0n) is 20.4. The van der Waals surface area contributed by atoms with Crippen LogP contribution in [0.3, 0.4) is 0 Å². The Kier molecular flexibility index (Phi) is 5.81. The van der Waals surface area contributed by atoms with Crippen LogP contribution in [0.1, 0.15) is 45.4 Å². The first kappa shape index (κ1) is 23.3. The molecule has 1 aliphatic rings. The van der Waals surface area contributed by atoms with Crippen molar-refractivity contribution in [3.05, 3.63) is 82.2 Å². The molecule has 1 aromatic heterocycles. The number of hydrogen-bond acceptors (Lipinski definition) is 4. The molecule has 1 saturated heterocycles. The molecule has 1 aliphatic heterocycles. The van der Waals surface area contributed by atoms with Gasteiger partial charge in [0.05, 0.1) is 13.7 Å². The van der Waals surface area contributed by atoms with E-state index in [1.807, 2.05) is 30.5 Å². The van der Waals surface area contributed by atoms with Crippen LogP contribution >= 0.6 is 0 Å². The topological polar surface area (TPSA) is 80.6 Å². The van der Waals surface area contributed by atoms with Crippen LogP contribution in [0, 0.1) is 27.7 Å². The number of aryl methyl sites for hydroxylation is 3. The summed E-state index contributed by atoms with van der Waals surface area (Å²) < 4.78 is 7.19. The molecular formula is C27H29N3O4. The number of carbonyl (C=O) groups excluding carboxylic acids is 3. The third-order valence-corrected chi connectivity index (χ3v) is 6.72. The van der Waals surface area contributed by atoms with E-state index in [0.717, 1.165) is 27.5 Å². The van der Waals surface area contributed by atoms with E-state index in [-0.39, 0.29) is 12.3 Å². The summed E-state index contributed by atoms with van der Waals surface area (Å²) >= 11 is 0. The van der Waals surface area contributed by atoms with Crippen LogP contribution in [0.15, 0.2) is 48.5 Å². The SMILES string of the molecule is COc1ccc(C2(C)NC(=O)N(CC(=O)c3cc(C)n(-c4ccc(C)c(C)c4)c3C)C2=O)cc1. The zero-order valence-corrected chi connectivity index (χ0v) is 20.4. The molecule has 176 valence electrons. The predicted octanol–water partition coefficient (Wildman–Crippen LogP) is 4.37. The second-order valence-corrected chi connectivity index (χ2v) is 8.99. The van der Waals surface area contributed by atoms with Gasteiger partial charge in [-0.05, 0) is 81.6 Å². The van der Waals surface area contributed by atoms with Crippen LogP contribution in [0.2, 0.25) is 0 Å². The molecule has 7 heteroatoms. The number of aromatic nitrogens is 1. The van der Waals surface area contributed by atoms with Gasteiger partial charge in [0.2, 0.25) is 0 Å². The van der Waals surface area contributed by atoms with E-state index in [4.69, 9.17) is 4.74 Å². The zero-order chi connectivity index (χ0) is 24.8. The minimum Gasteiger partial charge on any atom is -0.497 e. The molecule has 0 bridgehead atoms. The minimum absolute atomic E-state index is 0.286. The number of nitrogens with zero attached hydrogens (tertiary/aromatic N) is 2. The smallest absolute Gasteiger partial charge is 0.325 e. The lowest BCUT2D eigenvalue weighted by molar-refractivity contribution is -0.130. The van der Waals surface area contributed by atoms with Crippen molar-refractivity contribution in [2.75, 3.05) is 13.7 Å². The molecule has 0 spiro atoms. The highest BCUT2D eigenvalue weighted by Crippen LogP contribution is 2.31. The summed E-state index contributed by atoms with van der Waals surface area (Å²) in [6, 6.07) is 14.3. The van der Waals surface area contributed by atoms with Crippen molar-refractivity contribution in [2.24, 2.45) is 0 Å². The van der Waals surface area contributed by atoms with E-state index in [0.29, 0.717) is 16.9 Å². The van der Waals surface area contributed by atoms with Crippen molar-refractivity contribution >= 4 is 17.7 Å². The third kappa shape index (κ3) is 3.77. The summed E-state index contributed by atoms with van der Waals surface area (Å²) in [5, 5.41) is 2.75. The van der Waals surface area contributed by atoms with Crippen LogP contribution in [-0.2, 0) is 10.3 Å². The van der Waals surface area contributed by atoms with Crippen LogP contribution in [0.25, 0.3) is 5.69 Å². The molecule has 3 aromatic rings. The molecule has 0 saturated carbocycles. The molecule has 4 rings (SSSR count). The number of rotatable bonds is 6. The van der Waals surface area contributed by atoms with E-state index in [1.165, 1.54) is 5.56 Å². The molecule has 1 N–H and O–H groups in total. The second-order valence-electron chi connectivity index (χ2n) is 8.99. The van der Waals surface area contributed by atoms with Crippen molar-refractivity contribution in [1.29, 1.82) is 0 Å². The van der Waals surface area contributed by atoms with Gasteiger partial charge in [0.1, 0.15) is 11.3 Å². The highest BCUT2D eigenvalue weighted by atomic mass is 16.5. The number of Topliss-reactive ketones (excluding diaryl/α,β-unsaturated/α-hetero) is 1. The average molecular weight is 460 g/mol. The Hall–Kier alpha value is -3.87. The molecule has 3 amide bonds. The van der Waals surface area contributed by atoms with Gasteiger partial charge in [-0.2, -0.15) is 0 Å². The lowest BCUT2D eigenvalue weighted by Gasteiger charge is -2.22. The summed E-state index contributed by atoms with van der Waals surface area (Å²) in [6.07, 6.45) is 0. The lowest BCUT2D eigenvalue weighted by Crippen LogP contribution is -2.41. The Balaban J connectivity index is 1.60. The van der Waals surface area contributed by atoms with Gasteiger partial charge in [-0.3, -0.25) is 14.5 Å². The van der Waals surface area contributed by atoms with Gasteiger partial charge in [-0.25, -0.2) is 4.79 Å². The number of amides is 3. The molecule has 2 aromatic carbocycles. The van der Waals surface area contributed by atoms with E-state index in [9.17, 15) is 14.4 Å². The lowest BCUT2D eigenvalue weighted by atomic mass is 9.92. The largest absolute Gasteiger partial charge is 0.497 e. The Morgan fingerprint density at radius 3 is 2.26 bits per heavy atom. The first-order valence-corrected chi connectivity index (χ1v) is 11.1. The van der Waals surface area contributed by atoms with Gasteiger partial charge in [-0.15, -0.1) is 0 Å². The van der Waals surface area contributed by atoms with Gasteiger partial charge < -0.3 is 14.6 Å². The summed E-state index contributed by atoms with van der Waals surface area (Å²) in [6.45, 7) is 9.24. The maximum absolute atomic E-state index is 13.3. The van der Waals surface area contributed by atoms with Crippen molar-refractivity contribution in [3.8, 4) is 11.4 Å². The second kappa shape index (κ2) is 8.48.